The summed E-state index contributed by atoms with van der Waals surface area (Å²) < 4.78 is 0.793. The lowest BCUT2D eigenvalue weighted by molar-refractivity contribution is -0.130. The Morgan fingerprint density at radius 3 is 2.60 bits per heavy atom. The van der Waals surface area contributed by atoms with Crippen LogP contribution in [0.4, 0.5) is 0 Å². The molecule has 1 heterocycles. The van der Waals surface area contributed by atoms with Crippen molar-refractivity contribution in [3.63, 3.8) is 0 Å². The first-order chi connectivity index (χ1) is 9.38. The van der Waals surface area contributed by atoms with Gasteiger partial charge >= 0.3 is 0 Å². The van der Waals surface area contributed by atoms with Gasteiger partial charge in [0, 0.05) is 44.4 Å². The summed E-state index contributed by atoms with van der Waals surface area (Å²) in [7, 11) is 3.77. The van der Waals surface area contributed by atoms with Crippen molar-refractivity contribution in [2.24, 2.45) is 5.73 Å². The lowest BCUT2D eigenvalue weighted by Crippen LogP contribution is -2.32. The van der Waals surface area contributed by atoms with Crippen molar-refractivity contribution in [1.82, 2.24) is 9.80 Å². The molecule has 1 aromatic rings. The molecule has 112 valence electrons. The maximum Gasteiger partial charge on any atom is 0.223 e. The highest BCUT2D eigenvalue weighted by atomic mass is 35.5. The molecule has 0 bridgehead atoms. The SMILES string of the molecule is CN(CCC(=O)N(C)CCC(N)=S)Cc1ccc(Cl)s1. The lowest BCUT2D eigenvalue weighted by Gasteiger charge is -2.20. The minimum atomic E-state index is 0.109. The van der Waals surface area contributed by atoms with Crippen LogP contribution in [-0.2, 0) is 11.3 Å². The fraction of sp³-hybridized carbons (Fsp3) is 0.538. The van der Waals surface area contributed by atoms with Gasteiger partial charge in [-0.1, -0.05) is 23.8 Å². The first-order valence-corrected chi connectivity index (χ1v) is 7.93. The highest BCUT2D eigenvalue weighted by molar-refractivity contribution is 7.80. The van der Waals surface area contributed by atoms with Crippen LogP contribution in [-0.4, -0.2) is 47.9 Å². The standard InChI is InChI=1S/C13H20ClN3OS2/c1-16(9-10-3-4-11(14)20-10)7-6-13(18)17(2)8-5-12(15)19/h3-4H,5-9H2,1-2H3,(H2,15,19). The number of carbonyl (C=O) groups excluding carboxylic acids is 1. The molecule has 4 nitrogen and oxygen atoms in total. The molecule has 0 fully saturated rings. The van der Waals surface area contributed by atoms with E-state index < -0.39 is 0 Å². The van der Waals surface area contributed by atoms with E-state index in [0.29, 0.717) is 30.9 Å². The van der Waals surface area contributed by atoms with Crippen LogP contribution < -0.4 is 5.73 Å². The van der Waals surface area contributed by atoms with Crippen LogP contribution in [0.25, 0.3) is 0 Å². The minimum Gasteiger partial charge on any atom is -0.393 e. The van der Waals surface area contributed by atoms with E-state index in [2.05, 4.69) is 4.90 Å². The molecule has 0 aliphatic rings. The molecule has 0 aromatic carbocycles. The molecular weight excluding hydrogens is 314 g/mol. The molecule has 0 saturated heterocycles. The topological polar surface area (TPSA) is 49.6 Å². The van der Waals surface area contributed by atoms with E-state index in [4.69, 9.17) is 29.6 Å². The summed E-state index contributed by atoms with van der Waals surface area (Å²) in [6, 6.07) is 3.91. The Labute approximate surface area is 134 Å². The van der Waals surface area contributed by atoms with Crippen LogP contribution in [0.15, 0.2) is 12.1 Å². The van der Waals surface area contributed by atoms with Gasteiger partial charge < -0.3 is 15.5 Å². The molecule has 2 N–H and O–H groups in total. The zero-order chi connectivity index (χ0) is 15.1. The van der Waals surface area contributed by atoms with E-state index in [1.807, 2.05) is 19.2 Å². The van der Waals surface area contributed by atoms with Gasteiger partial charge in [-0.2, -0.15) is 0 Å². The van der Waals surface area contributed by atoms with Gasteiger partial charge in [0.25, 0.3) is 0 Å². The third-order valence-electron chi connectivity index (χ3n) is 2.88. The molecule has 0 unspecified atom stereocenters. The second kappa shape index (κ2) is 8.56. The van der Waals surface area contributed by atoms with Gasteiger partial charge in [0.1, 0.15) is 0 Å². The van der Waals surface area contributed by atoms with Gasteiger partial charge in [0.2, 0.25) is 5.91 Å². The highest BCUT2D eigenvalue weighted by Gasteiger charge is 2.11. The van der Waals surface area contributed by atoms with E-state index in [-0.39, 0.29) is 5.91 Å². The maximum atomic E-state index is 11.9. The number of hydrogen-bond acceptors (Lipinski definition) is 4. The Hall–Kier alpha value is -0.690. The third kappa shape index (κ3) is 6.65. The molecule has 1 rings (SSSR count). The number of nitrogens with two attached hydrogens (primary N) is 1. The average Bonchev–Trinajstić information content (AvgIpc) is 2.78. The highest BCUT2D eigenvalue weighted by Crippen LogP contribution is 2.22. The average molecular weight is 334 g/mol. The predicted octanol–water partition coefficient (Wildman–Crippen LogP) is 2.36. The molecule has 7 heteroatoms. The van der Waals surface area contributed by atoms with E-state index in [1.54, 1.807) is 23.3 Å². The summed E-state index contributed by atoms with van der Waals surface area (Å²) in [6.07, 6.45) is 1.06. The summed E-state index contributed by atoms with van der Waals surface area (Å²) in [5.74, 6) is 0.109. The number of nitrogens with zero attached hydrogens (tertiary/aromatic N) is 2. The number of rotatable bonds is 8. The van der Waals surface area contributed by atoms with Crippen molar-refractivity contribution < 1.29 is 4.79 Å². The largest absolute Gasteiger partial charge is 0.393 e. The van der Waals surface area contributed by atoms with Crippen molar-refractivity contribution in [1.29, 1.82) is 0 Å². The number of halogens is 1. The third-order valence-corrected chi connectivity index (χ3v) is 4.30. The van der Waals surface area contributed by atoms with Gasteiger partial charge in [-0.05, 0) is 19.2 Å². The van der Waals surface area contributed by atoms with Gasteiger partial charge in [0.15, 0.2) is 0 Å². The van der Waals surface area contributed by atoms with Gasteiger partial charge in [-0.25, -0.2) is 0 Å². The monoisotopic (exact) mass is 333 g/mol. The Kier molecular flexibility index (Phi) is 7.43. The molecule has 0 radical (unpaired) electrons. The van der Waals surface area contributed by atoms with Crippen LogP contribution in [0.2, 0.25) is 4.34 Å². The maximum absolute atomic E-state index is 11.9. The Morgan fingerprint density at radius 2 is 2.05 bits per heavy atom. The summed E-state index contributed by atoms with van der Waals surface area (Å²) in [6.45, 7) is 2.10. The van der Waals surface area contributed by atoms with Crippen LogP contribution in [0.3, 0.4) is 0 Å². The molecule has 20 heavy (non-hydrogen) atoms. The second-order valence-electron chi connectivity index (χ2n) is 4.73. The van der Waals surface area contributed by atoms with Crippen LogP contribution in [0.1, 0.15) is 17.7 Å². The van der Waals surface area contributed by atoms with Crippen LogP contribution in [0.5, 0.6) is 0 Å². The zero-order valence-corrected chi connectivity index (χ0v) is 14.2. The smallest absolute Gasteiger partial charge is 0.223 e. The van der Waals surface area contributed by atoms with Crippen molar-refractivity contribution in [2.75, 3.05) is 27.2 Å². The van der Waals surface area contributed by atoms with Crippen molar-refractivity contribution >= 4 is 46.1 Å². The number of carbonyl (C=O) groups is 1. The zero-order valence-electron chi connectivity index (χ0n) is 11.8. The minimum absolute atomic E-state index is 0.109. The molecule has 0 aliphatic carbocycles. The van der Waals surface area contributed by atoms with E-state index in [9.17, 15) is 4.79 Å². The van der Waals surface area contributed by atoms with Crippen LogP contribution in [0, 0.1) is 0 Å². The van der Waals surface area contributed by atoms with Crippen molar-refractivity contribution in [2.45, 2.75) is 19.4 Å². The summed E-state index contributed by atoms with van der Waals surface area (Å²) in [5, 5.41) is 0. The van der Waals surface area contributed by atoms with Gasteiger partial charge in [-0.3, -0.25) is 4.79 Å². The van der Waals surface area contributed by atoms with Gasteiger partial charge in [-0.15, -0.1) is 11.3 Å². The van der Waals surface area contributed by atoms with Crippen LogP contribution >= 0.6 is 35.2 Å². The molecule has 0 spiro atoms. The number of hydrogen-bond donors (Lipinski definition) is 1. The van der Waals surface area contributed by atoms with Crippen molar-refractivity contribution in [3.8, 4) is 0 Å². The van der Waals surface area contributed by atoms with E-state index >= 15 is 0 Å². The van der Waals surface area contributed by atoms with E-state index in [0.717, 1.165) is 10.9 Å². The molecule has 0 aliphatic heterocycles. The first-order valence-electron chi connectivity index (χ1n) is 6.33. The summed E-state index contributed by atoms with van der Waals surface area (Å²) >= 11 is 12.3. The second-order valence-corrected chi connectivity index (χ2v) is 7.05. The summed E-state index contributed by atoms with van der Waals surface area (Å²) in [4.78, 5) is 17.3. The summed E-state index contributed by atoms with van der Waals surface area (Å²) in [5.41, 5.74) is 5.43. The number of thiocarbonyl (C=S) groups is 1. The number of thiophene rings is 1. The lowest BCUT2D eigenvalue weighted by atomic mass is 10.3. The van der Waals surface area contributed by atoms with E-state index in [1.165, 1.54) is 4.88 Å². The molecular formula is C13H20ClN3OS2. The normalized spacial score (nSPS) is 10.8. The Morgan fingerprint density at radius 1 is 1.35 bits per heavy atom. The fourth-order valence-electron chi connectivity index (χ4n) is 1.66. The Balaban J connectivity index is 2.27. The van der Waals surface area contributed by atoms with Gasteiger partial charge in [0.05, 0.1) is 9.32 Å². The first kappa shape index (κ1) is 17.4. The van der Waals surface area contributed by atoms with Crippen molar-refractivity contribution in [3.05, 3.63) is 21.3 Å². The number of amides is 1. The molecule has 1 aromatic heterocycles. The predicted molar refractivity (Wildman–Crippen MR) is 89.3 cm³/mol. The molecule has 0 atom stereocenters. The Bertz CT molecular complexity index is 464. The molecule has 0 saturated carbocycles. The fourth-order valence-corrected chi connectivity index (χ4v) is 2.92. The molecule has 1 amide bonds. The quantitative estimate of drug-likeness (QED) is 0.742.